The van der Waals surface area contributed by atoms with E-state index in [-0.39, 0.29) is 16.5 Å². The highest BCUT2D eigenvalue weighted by Gasteiger charge is 2.34. The number of nitrogens with zero attached hydrogens (tertiary/aromatic N) is 1. The lowest BCUT2D eigenvalue weighted by molar-refractivity contribution is 0.0676. The molecule has 21 heavy (non-hydrogen) atoms. The second-order valence-electron chi connectivity index (χ2n) is 4.80. The molecule has 0 saturated heterocycles. The molecule has 116 valence electrons. The lowest BCUT2D eigenvalue weighted by Crippen LogP contribution is -2.36. The van der Waals surface area contributed by atoms with Crippen molar-refractivity contribution in [1.82, 2.24) is 4.90 Å². The van der Waals surface area contributed by atoms with Crippen LogP contribution in [-0.4, -0.2) is 45.5 Å². The molecule has 0 atom stereocenters. The van der Waals surface area contributed by atoms with E-state index >= 15 is 0 Å². The van der Waals surface area contributed by atoms with Gasteiger partial charge in [0.25, 0.3) is 15.0 Å². The maximum absolute atomic E-state index is 13.4. The molecule has 1 aromatic rings. The van der Waals surface area contributed by atoms with Crippen molar-refractivity contribution >= 4 is 25.6 Å². The van der Waals surface area contributed by atoms with E-state index in [0.717, 1.165) is 31.0 Å². The molecule has 0 aromatic heterocycles. The molecule has 1 aromatic carbocycles. The summed E-state index contributed by atoms with van der Waals surface area (Å²) in [6, 6.07) is 2.91. The number of carbonyl (C=O) groups is 1. The van der Waals surface area contributed by atoms with Gasteiger partial charge in [0.15, 0.2) is 0 Å². The van der Waals surface area contributed by atoms with E-state index in [9.17, 15) is 17.6 Å². The number of halogens is 2. The molecule has 0 N–H and O–H groups in total. The smallest absolute Gasteiger partial charge is 0.262 e. The van der Waals surface area contributed by atoms with Crippen molar-refractivity contribution in [2.75, 3.05) is 20.3 Å². The molecule has 0 heterocycles. The molecule has 8 heteroatoms. The van der Waals surface area contributed by atoms with Gasteiger partial charge >= 0.3 is 0 Å². The molecule has 1 aliphatic rings. The maximum Gasteiger partial charge on any atom is 0.262 e. The van der Waals surface area contributed by atoms with Crippen molar-refractivity contribution in [3.63, 3.8) is 0 Å². The van der Waals surface area contributed by atoms with Crippen LogP contribution in [0.15, 0.2) is 23.1 Å². The largest absolute Gasteiger partial charge is 0.383 e. The number of carbonyl (C=O) groups excluding carboxylic acids is 1. The van der Waals surface area contributed by atoms with Crippen LogP contribution in [0.2, 0.25) is 0 Å². The van der Waals surface area contributed by atoms with Gasteiger partial charge in [-0.3, -0.25) is 4.79 Å². The van der Waals surface area contributed by atoms with Gasteiger partial charge in [-0.15, -0.1) is 0 Å². The molecule has 0 unspecified atom stereocenters. The first-order valence-electron chi connectivity index (χ1n) is 6.38. The minimum Gasteiger partial charge on any atom is -0.383 e. The van der Waals surface area contributed by atoms with E-state index in [2.05, 4.69) is 0 Å². The molecule has 0 bridgehead atoms. The average Bonchev–Trinajstić information content (AvgIpc) is 3.22. The van der Waals surface area contributed by atoms with Gasteiger partial charge in [-0.1, -0.05) is 0 Å². The molecule has 1 saturated carbocycles. The Balaban J connectivity index is 2.39. The minimum atomic E-state index is -4.13. The van der Waals surface area contributed by atoms with Gasteiger partial charge < -0.3 is 9.64 Å². The Morgan fingerprint density at radius 1 is 1.48 bits per heavy atom. The number of methoxy groups -OCH3 is 1. The molecule has 0 radical (unpaired) electrons. The van der Waals surface area contributed by atoms with Crippen molar-refractivity contribution < 1.29 is 22.3 Å². The second-order valence-corrected chi connectivity index (χ2v) is 7.34. The van der Waals surface area contributed by atoms with Crippen LogP contribution in [-0.2, 0) is 13.8 Å². The van der Waals surface area contributed by atoms with E-state index in [0.29, 0.717) is 13.2 Å². The lowest BCUT2D eigenvalue weighted by Gasteiger charge is -2.23. The third-order valence-electron chi connectivity index (χ3n) is 3.22. The summed E-state index contributed by atoms with van der Waals surface area (Å²) in [4.78, 5) is 13.7. The summed E-state index contributed by atoms with van der Waals surface area (Å²) in [6.45, 7) is 0.638. The van der Waals surface area contributed by atoms with Gasteiger partial charge in [-0.2, -0.15) is 0 Å². The first-order valence-corrected chi connectivity index (χ1v) is 8.69. The Kier molecular flexibility index (Phi) is 4.85. The average molecular weight is 336 g/mol. The number of benzene rings is 1. The van der Waals surface area contributed by atoms with E-state index in [1.54, 1.807) is 0 Å². The summed E-state index contributed by atoms with van der Waals surface area (Å²) < 4.78 is 41.4. The van der Waals surface area contributed by atoms with Crippen LogP contribution in [0.1, 0.15) is 23.2 Å². The van der Waals surface area contributed by atoms with Crippen LogP contribution >= 0.6 is 10.7 Å². The van der Waals surface area contributed by atoms with Crippen molar-refractivity contribution in [1.29, 1.82) is 0 Å². The predicted octanol–water partition coefficient (Wildman–Crippen LogP) is 2.00. The standard InChI is InChI=1S/C13H15ClFNO4S/c1-20-7-6-16(10-3-4-10)13(17)11-8-9(15)2-5-12(11)21(14,18)19/h2,5,8,10H,3-4,6-7H2,1H3. The molecule has 2 rings (SSSR count). The minimum absolute atomic E-state index is 0.0433. The third kappa shape index (κ3) is 3.93. The van der Waals surface area contributed by atoms with Crippen molar-refractivity contribution in [2.45, 2.75) is 23.8 Å². The second kappa shape index (κ2) is 6.29. The first kappa shape index (κ1) is 16.2. The van der Waals surface area contributed by atoms with Crippen LogP contribution in [0.25, 0.3) is 0 Å². The molecule has 5 nitrogen and oxygen atoms in total. The highest BCUT2D eigenvalue weighted by Crippen LogP contribution is 2.30. The molecule has 1 aliphatic carbocycles. The summed E-state index contributed by atoms with van der Waals surface area (Å²) in [5.74, 6) is -1.24. The molecule has 1 fully saturated rings. The zero-order valence-corrected chi connectivity index (χ0v) is 13.0. The van der Waals surface area contributed by atoms with Gasteiger partial charge in [-0.05, 0) is 31.0 Å². The highest BCUT2D eigenvalue weighted by atomic mass is 35.7. The van der Waals surface area contributed by atoms with E-state index < -0.39 is 20.8 Å². The zero-order valence-electron chi connectivity index (χ0n) is 11.4. The molecule has 1 amide bonds. The van der Waals surface area contributed by atoms with Crippen LogP contribution in [0, 0.1) is 5.82 Å². The summed E-state index contributed by atoms with van der Waals surface area (Å²) in [5.41, 5.74) is -0.243. The van der Waals surface area contributed by atoms with Crippen LogP contribution in [0.5, 0.6) is 0 Å². The SMILES string of the molecule is COCCN(C(=O)c1cc(F)ccc1S(=O)(=O)Cl)C1CC1. The number of hydrogen-bond donors (Lipinski definition) is 0. The van der Waals surface area contributed by atoms with Gasteiger partial charge in [-0.25, -0.2) is 12.8 Å². The monoisotopic (exact) mass is 335 g/mol. The topological polar surface area (TPSA) is 63.7 Å². The van der Waals surface area contributed by atoms with Gasteiger partial charge in [0, 0.05) is 30.4 Å². The van der Waals surface area contributed by atoms with Crippen molar-refractivity contribution in [3.05, 3.63) is 29.6 Å². The number of rotatable bonds is 6. The Hall–Kier alpha value is -1.18. The first-order chi connectivity index (χ1) is 9.84. The summed E-state index contributed by atoms with van der Waals surface area (Å²) in [6.07, 6.45) is 1.68. The van der Waals surface area contributed by atoms with Crippen molar-refractivity contribution in [3.8, 4) is 0 Å². The van der Waals surface area contributed by atoms with Crippen molar-refractivity contribution in [2.24, 2.45) is 0 Å². The lowest BCUT2D eigenvalue weighted by atomic mass is 10.2. The molecular formula is C13H15ClFNO4S. The summed E-state index contributed by atoms with van der Waals surface area (Å²) in [7, 11) is 2.70. The normalized spacial score (nSPS) is 15.0. The maximum atomic E-state index is 13.4. The van der Waals surface area contributed by atoms with Crippen LogP contribution in [0.3, 0.4) is 0 Å². The fourth-order valence-electron chi connectivity index (χ4n) is 2.06. The Morgan fingerprint density at radius 2 is 2.14 bits per heavy atom. The fraction of sp³-hybridized carbons (Fsp3) is 0.462. The van der Waals surface area contributed by atoms with Gasteiger partial charge in [0.1, 0.15) is 5.82 Å². The van der Waals surface area contributed by atoms with E-state index in [1.807, 2.05) is 0 Å². The van der Waals surface area contributed by atoms with E-state index in [4.69, 9.17) is 15.4 Å². The van der Waals surface area contributed by atoms with Crippen LogP contribution < -0.4 is 0 Å². The number of hydrogen-bond acceptors (Lipinski definition) is 4. The number of ether oxygens (including phenoxy) is 1. The summed E-state index contributed by atoms with van der Waals surface area (Å²) >= 11 is 0. The molecular weight excluding hydrogens is 321 g/mol. The Morgan fingerprint density at radius 3 is 2.67 bits per heavy atom. The fourth-order valence-corrected chi connectivity index (χ4v) is 3.11. The molecule has 0 aliphatic heterocycles. The quantitative estimate of drug-likeness (QED) is 0.746. The predicted molar refractivity (Wildman–Crippen MR) is 75.4 cm³/mol. The highest BCUT2D eigenvalue weighted by molar-refractivity contribution is 8.13. The third-order valence-corrected chi connectivity index (χ3v) is 4.60. The molecule has 0 spiro atoms. The van der Waals surface area contributed by atoms with Gasteiger partial charge in [0.05, 0.1) is 17.1 Å². The number of amides is 1. The zero-order chi connectivity index (χ0) is 15.6. The summed E-state index contributed by atoms with van der Waals surface area (Å²) in [5, 5.41) is 0. The Bertz CT molecular complexity index is 646. The van der Waals surface area contributed by atoms with Crippen LogP contribution in [0.4, 0.5) is 4.39 Å². The van der Waals surface area contributed by atoms with Gasteiger partial charge in [0.2, 0.25) is 0 Å². The van der Waals surface area contributed by atoms with E-state index in [1.165, 1.54) is 12.0 Å². The Labute approximate surface area is 127 Å².